The Kier molecular flexibility index (Phi) is 19.7. The van der Waals surface area contributed by atoms with Gasteiger partial charge in [-0.3, -0.25) is 43.8 Å². The third kappa shape index (κ3) is 16.0. The summed E-state index contributed by atoms with van der Waals surface area (Å²) < 4.78 is 5.68. The number of nitrogens with one attached hydrogen (secondary N) is 5. The fraction of sp³-hybridized carbons (Fsp3) is 0.700. The van der Waals surface area contributed by atoms with Crippen molar-refractivity contribution >= 4 is 53.1 Å². The monoisotopic (exact) mass is 995 g/mol. The number of imide groups is 3. The number of carbonyl (C=O) groups excluding carboxylic acids is 8. The lowest BCUT2D eigenvalue weighted by atomic mass is 9.49. The molecule has 5 fully saturated rings. The van der Waals surface area contributed by atoms with Crippen LogP contribution in [0.1, 0.15) is 124 Å². The molecule has 394 valence electrons. The number of nitrogens with zero attached hydrogens (tertiary/aromatic N) is 2. The van der Waals surface area contributed by atoms with Gasteiger partial charge in [-0.2, -0.15) is 0 Å². The summed E-state index contributed by atoms with van der Waals surface area (Å²) in [5.41, 5.74) is 16.9. The number of benzene rings is 1. The number of ether oxygens (including phenoxy) is 1. The molecule has 5 aliphatic rings. The second-order valence-corrected chi connectivity index (χ2v) is 21.9. The third-order valence-electron chi connectivity index (χ3n) is 14.1. The van der Waals surface area contributed by atoms with Crippen LogP contribution in [0.15, 0.2) is 24.3 Å². The van der Waals surface area contributed by atoms with E-state index in [1.54, 1.807) is 0 Å². The minimum absolute atomic E-state index is 0.0255. The second kappa shape index (κ2) is 24.7. The van der Waals surface area contributed by atoms with Crippen molar-refractivity contribution in [2.24, 2.45) is 46.3 Å². The van der Waals surface area contributed by atoms with Crippen molar-refractivity contribution in [1.29, 1.82) is 5.41 Å². The van der Waals surface area contributed by atoms with Crippen molar-refractivity contribution in [2.45, 2.75) is 166 Å². The summed E-state index contributed by atoms with van der Waals surface area (Å²) in [6.07, 6.45) is 5.15. The molecule has 21 nitrogen and oxygen atoms in total. The van der Waals surface area contributed by atoms with Gasteiger partial charge in [0.2, 0.25) is 35.4 Å². The Morgan fingerprint density at radius 1 is 0.859 bits per heavy atom. The van der Waals surface area contributed by atoms with Crippen LogP contribution in [0, 0.1) is 34.5 Å². The van der Waals surface area contributed by atoms with Crippen LogP contribution in [-0.2, 0) is 49.5 Å². The first-order valence-electron chi connectivity index (χ1n) is 25.1. The predicted molar refractivity (Wildman–Crippen MR) is 261 cm³/mol. The Balaban J connectivity index is 1.39. The lowest BCUT2D eigenvalue weighted by Crippen LogP contribution is -2.58. The van der Waals surface area contributed by atoms with Crippen molar-refractivity contribution in [3.05, 3.63) is 29.8 Å². The number of likely N-dealkylation sites (tertiary alicyclic amines) is 1. The zero-order valence-electron chi connectivity index (χ0n) is 42.0. The maximum absolute atomic E-state index is 14.8. The summed E-state index contributed by atoms with van der Waals surface area (Å²) in [5.74, 6) is -5.82. The number of amides is 7. The normalized spacial score (nSPS) is 23.5. The molecular weight excluding hydrogens is 917 g/mol. The number of phenolic OH excluding ortho intramolecular Hbond substituents is 1. The molecule has 4 aliphatic carbocycles. The van der Waals surface area contributed by atoms with Crippen LogP contribution in [0.3, 0.4) is 0 Å². The van der Waals surface area contributed by atoms with Crippen molar-refractivity contribution < 1.29 is 53.3 Å². The Bertz CT molecular complexity index is 2080. The van der Waals surface area contributed by atoms with Crippen LogP contribution in [0.25, 0.3) is 0 Å². The first-order chi connectivity index (χ1) is 33.4. The molecule has 1 saturated heterocycles. The van der Waals surface area contributed by atoms with Crippen LogP contribution in [-0.4, -0.2) is 141 Å². The SMILES string of the molecule is CC(C)C[C@H](NC(=O)[C@H](N)COC(C)(C)C)C(=O)N[C@@H](CCCNC(=N)N)C(=O)N1CCC[C@H]1C(=O)CC(=O)N(C(=O)CC12CC3CC(CC(C3)C1)C2)C(=O)[C@H](Cc1ccc(O)cc1)NC(=O)[C@@H](N)CO. The summed E-state index contributed by atoms with van der Waals surface area (Å²) in [6.45, 7) is 8.53. The number of aliphatic hydroxyl groups excluding tert-OH is 1. The standard InChI is InChI=1S/C50H78N10O11/c1-28(2)16-37(57-44(67)35(52)27-71-49(3,4)5)45(68)56-36(8-6-14-55-48(53)54)46(69)59-15-7-9-39(59)40(63)21-41(64)60(42(65)25-50-22-30-17-31(23-50)19-32(18-30)24-50)47(70)38(58-43(66)34(51)26-61)20-29-10-12-33(62)13-11-29/h10-13,28,30-32,34-39,61-62H,6-9,14-27,51-52H2,1-5H3,(H,56,68)(H,57,67)(H,58,66)(H4,53,54,55)/t30?,31?,32?,34-,35+,36-,37-,38-,39-,50?/m0/s1. The molecule has 1 heterocycles. The van der Waals surface area contributed by atoms with Gasteiger partial charge in [0.1, 0.15) is 36.0 Å². The molecule has 0 aromatic heterocycles. The van der Waals surface area contributed by atoms with Gasteiger partial charge in [-0.05, 0) is 138 Å². The number of guanidine groups is 1. The Morgan fingerprint density at radius 2 is 1.44 bits per heavy atom. The molecule has 1 aliphatic heterocycles. The maximum Gasteiger partial charge on any atom is 0.258 e. The number of phenols is 1. The highest BCUT2D eigenvalue weighted by Crippen LogP contribution is 2.61. The van der Waals surface area contributed by atoms with Gasteiger partial charge in [0.15, 0.2) is 11.7 Å². The Labute approximate surface area is 416 Å². The lowest BCUT2D eigenvalue weighted by Gasteiger charge is -2.56. The number of hydrogen-bond donors (Lipinski definition) is 10. The number of aliphatic hydroxyl groups is 1. The Morgan fingerprint density at radius 3 is 2.00 bits per heavy atom. The molecule has 0 spiro atoms. The summed E-state index contributed by atoms with van der Waals surface area (Å²) in [4.78, 5) is 115. The van der Waals surface area contributed by atoms with Crippen LogP contribution in [0.4, 0.5) is 0 Å². The first-order valence-corrected chi connectivity index (χ1v) is 25.1. The highest BCUT2D eigenvalue weighted by atomic mass is 16.5. The van der Waals surface area contributed by atoms with E-state index in [-0.39, 0.29) is 75.8 Å². The lowest BCUT2D eigenvalue weighted by molar-refractivity contribution is -0.159. The first kappa shape index (κ1) is 56.4. The molecule has 13 N–H and O–H groups in total. The largest absolute Gasteiger partial charge is 0.508 e. The minimum atomic E-state index is -1.56. The average molecular weight is 995 g/mol. The number of aromatic hydroxyl groups is 1. The van der Waals surface area contributed by atoms with E-state index in [9.17, 15) is 48.6 Å². The van der Waals surface area contributed by atoms with E-state index in [1.165, 1.54) is 29.2 Å². The minimum Gasteiger partial charge on any atom is -0.508 e. The van der Waals surface area contributed by atoms with Crippen LogP contribution >= 0.6 is 0 Å². The molecule has 0 unspecified atom stereocenters. The van der Waals surface area contributed by atoms with E-state index in [4.69, 9.17) is 27.3 Å². The van der Waals surface area contributed by atoms with Gasteiger partial charge in [-0.15, -0.1) is 0 Å². The zero-order chi connectivity index (χ0) is 52.4. The summed E-state index contributed by atoms with van der Waals surface area (Å²) >= 11 is 0. The fourth-order valence-electron chi connectivity index (χ4n) is 11.2. The van der Waals surface area contributed by atoms with E-state index in [2.05, 4.69) is 21.3 Å². The summed E-state index contributed by atoms with van der Waals surface area (Å²) in [7, 11) is 0. The molecular formula is C50H78N10O11. The van der Waals surface area contributed by atoms with Gasteiger partial charge in [0, 0.05) is 25.9 Å². The van der Waals surface area contributed by atoms with Crippen molar-refractivity contribution in [1.82, 2.24) is 31.1 Å². The second-order valence-electron chi connectivity index (χ2n) is 21.9. The highest BCUT2D eigenvalue weighted by Gasteiger charge is 2.53. The smallest absolute Gasteiger partial charge is 0.258 e. The number of carbonyl (C=O) groups is 8. The van der Waals surface area contributed by atoms with E-state index >= 15 is 0 Å². The van der Waals surface area contributed by atoms with Crippen molar-refractivity contribution in [3.8, 4) is 5.75 Å². The van der Waals surface area contributed by atoms with Crippen LogP contribution in [0.2, 0.25) is 0 Å². The number of ketones is 1. The molecule has 1 aromatic carbocycles. The van der Waals surface area contributed by atoms with Gasteiger partial charge in [0.25, 0.3) is 5.91 Å². The molecule has 6 atom stereocenters. The highest BCUT2D eigenvalue weighted by molar-refractivity contribution is 6.17. The maximum atomic E-state index is 14.8. The van der Waals surface area contributed by atoms with Gasteiger partial charge in [-0.1, -0.05) is 26.0 Å². The summed E-state index contributed by atoms with van der Waals surface area (Å²) in [5, 5.41) is 37.8. The third-order valence-corrected chi connectivity index (χ3v) is 14.1. The van der Waals surface area contributed by atoms with E-state index in [0.29, 0.717) is 34.6 Å². The zero-order valence-corrected chi connectivity index (χ0v) is 42.0. The summed E-state index contributed by atoms with van der Waals surface area (Å²) in [6, 6.07) is -1.89. The number of rotatable bonds is 24. The quantitative estimate of drug-likeness (QED) is 0.0294. The molecule has 7 amide bonds. The number of Topliss-reactive ketones (excluding diaryl/α,β-unsaturated/α-hetero) is 1. The Hall–Kier alpha value is -5.51. The van der Waals surface area contributed by atoms with E-state index in [0.717, 1.165) is 38.5 Å². The fourth-order valence-corrected chi connectivity index (χ4v) is 11.2. The predicted octanol–water partition coefficient (Wildman–Crippen LogP) is 0.599. The van der Waals surface area contributed by atoms with Gasteiger partial charge in [0.05, 0.1) is 31.3 Å². The molecule has 4 saturated carbocycles. The van der Waals surface area contributed by atoms with Gasteiger partial charge < -0.3 is 58.3 Å². The number of nitrogens with two attached hydrogens (primary N) is 3. The van der Waals surface area contributed by atoms with Gasteiger partial charge in [-0.25, -0.2) is 4.90 Å². The molecule has 1 aromatic rings. The molecule has 4 bridgehead atoms. The van der Waals surface area contributed by atoms with Crippen molar-refractivity contribution in [2.75, 3.05) is 26.3 Å². The molecule has 0 radical (unpaired) electrons. The van der Waals surface area contributed by atoms with E-state index < -0.39 is 107 Å². The van der Waals surface area contributed by atoms with Gasteiger partial charge >= 0.3 is 0 Å². The van der Waals surface area contributed by atoms with Crippen LogP contribution in [0.5, 0.6) is 5.75 Å². The van der Waals surface area contributed by atoms with Crippen molar-refractivity contribution in [3.63, 3.8) is 0 Å². The average Bonchev–Trinajstić information content (AvgIpc) is 3.78. The molecule has 6 rings (SSSR count). The molecule has 21 heteroatoms. The van der Waals surface area contributed by atoms with E-state index in [1.807, 2.05) is 34.6 Å². The topological polar surface area (TPSA) is 343 Å². The number of hydrogen-bond acceptors (Lipinski definition) is 14. The molecule has 71 heavy (non-hydrogen) atoms. The van der Waals surface area contributed by atoms with Crippen LogP contribution < -0.4 is 38.5 Å².